The molecule has 4 radical (unpaired) electrons. The van der Waals surface area contributed by atoms with Gasteiger partial charge in [-0.3, -0.25) is 0 Å². The van der Waals surface area contributed by atoms with Crippen LogP contribution < -0.4 is 0 Å². The Morgan fingerprint density at radius 1 is 1.00 bits per heavy atom. The SMILES string of the molecule is [Al].[Cu].[Ti].[W]. The van der Waals surface area contributed by atoms with Crippen LogP contribution in [-0.2, 0) is 59.9 Å². The van der Waals surface area contributed by atoms with Crippen molar-refractivity contribution < 1.29 is 59.9 Å². The van der Waals surface area contributed by atoms with Gasteiger partial charge in [-0.15, -0.1) is 0 Å². The minimum Gasteiger partial charge on any atom is 0 e. The smallest absolute Gasteiger partial charge is 0 e. The first-order valence-electron chi connectivity index (χ1n) is 0. The van der Waals surface area contributed by atoms with E-state index in [9.17, 15) is 0 Å². The molecule has 0 fully saturated rings. The zero-order valence-electron chi connectivity index (χ0n) is 1.79. The van der Waals surface area contributed by atoms with Crippen LogP contribution in [0.15, 0.2) is 0 Å². The van der Waals surface area contributed by atoms with Crippen LogP contribution in [-0.4, -0.2) is 17.4 Å². The Bertz CT molecular complexity index is 8.00. The molecule has 0 spiro atoms. The molecule has 0 unspecified atom stereocenters. The largest absolute Gasteiger partial charge is 0 e. The van der Waals surface area contributed by atoms with Gasteiger partial charge in [0.15, 0.2) is 0 Å². The van der Waals surface area contributed by atoms with Crippen molar-refractivity contribution in [3.8, 4) is 0 Å². The molecular formula is AlCuTiW. The average molecular weight is 322 g/mol. The Morgan fingerprint density at radius 3 is 1.00 bits per heavy atom. The van der Waals surface area contributed by atoms with Gasteiger partial charge in [0.1, 0.15) is 0 Å². The minimum atomic E-state index is 0. The minimum absolute atomic E-state index is 0. The van der Waals surface area contributed by atoms with Gasteiger partial charge in [-0.25, -0.2) is 0 Å². The second-order valence-corrected chi connectivity index (χ2v) is 0. The van der Waals surface area contributed by atoms with Gasteiger partial charge < -0.3 is 0 Å². The molecule has 0 bridgehead atoms. The summed E-state index contributed by atoms with van der Waals surface area (Å²) < 4.78 is 0. The van der Waals surface area contributed by atoms with Gasteiger partial charge in [-0.2, -0.15) is 0 Å². The molecule has 0 nitrogen and oxygen atoms in total. The van der Waals surface area contributed by atoms with E-state index in [-0.39, 0.29) is 77.2 Å². The first-order valence-corrected chi connectivity index (χ1v) is 0. The zero-order valence-corrected chi connectivity index (χ0v) is 8.38. The van der Waals surface area contributed by atoms with E-state index in [0.717, 1.165) is 0 Å². The van der Waals surface area contributed by atoms with Crippen molar-refractivity contribution in [1.82, 2.24) is 0 Å². The molecule has 0 aromatic heterocycles. The van der Waals surface area contributed by atoms with Crippen molar-refractivity contribution in [3.05, 3.63) is 0 Å². The van der Waals surface area contributed by atoms with Crippen LogP contribution in [0.3, 0.4) is 0 Å². The second-order valence-electron chi connectivity index (χ2n) is 0. The Kier molecular flexibility index (Phi) is 143. The van der Waals surface area contributed by atoms with Gasteiger partial charge in [0, 0.05) is 77.2 Å². The second kappa shape index (κ2) is 18.0. The maximum atomic E-state index is 0. The van der Waals surface area contributed by atoms with Crippen molar-refractivity contribution in [1.29, 1.82) is 0 Å². The van der Waals surface area contributed by atoms with Crippen molar-refractivity contribution in [2.24, 2.45) is 0 Å². The van der Waals surface area contributed by atoms with E-state index in [4.69, 9.17) is 0 Å². The topological polar surface area (TPSA) is 0 Å². The predicted molar refractivity (Wildman–Crippen MR) is 5.75 cm³/mol. The molecule has 0 aliphatic heterocycles. The van der Waals surface area contributed by atoms with E-state index < -0.39 is 0 Å². The van der Waals surface area contributed by atoms with Crippen molar-refractivity contribution >= 4 is 17.4 Å². The summed E-state index contributed by atoms with van der Waals surface area (Å²) in [4.78, 5) is 0. The first kappa shape index (κ1) is 31.9. The van der Waals surface area contributed by atoms with Crippen LogP contribution in [0.5, 0.6) is 0 Å². The van der Waals surface area contributed by atoms with E-state index in [2.05, 4.69) is 0 Å². The van der Waals surface area contributed by atoms with Crippen molar-refractivity contribution in [3.63, 3.8) is 0 Å². The molecule has 0 aliphatic carbocycles. The van der Waals surface area contributed by atoms with Crippen LogP contribution in [0.2, 0.25) is 0 Å². The predicted octanol–water partition coefficient (Wildman–Crippen LogP) is -0.388. The monoisotopic (exact) mass is 322 g/mol. The number of hydrogen-bond acceptors (Lipinski definition) is 0. The number of rotatable bonds is 0. The molecule has 0 amide bonds. The Labute approximate surface area is 76.2 Å². The Hall–Kier alpha value is 2.45. The first-order chi connectivity index (χ1) is 0. The molecule has 0 aliphatic rings. The molecule has 0 N–H and O–H groups in total. The standard InChI is InChI=1S/Al.Cu.Ti.W. The molecule has 0 saturated heterocycles. The third-order valence-corrected chi connectivity index (χ3v) is 0. The van der Waals surface area contributed by atoms with Gasteiger partial charge in [0.2, 0.25) is 0 Å². The summed E-state index contributed by atoms with van der Waals surface area (Å²) in [5.74, 6) is 0. The summed E-state index contributed by atoms with van der Waals surface area (Å²) in [6.45, 7) is 0. The van der Waals surface area contributed by atoms with E-state index in [1.807, 2.05) is 0 Å². The fraction of sp³-hybridized carbons (Fsp3) is 0. The normalized spacial score (nSPS) is 0. The summed E-state index contributed by atoms with van der Waals surface area (Å²) in [6, 6.07) is 0. The summed E-state index contributed by atoms with van der Waals surface area (Å²) >= 11 is 0. The molecule has 4 heavy (non-hydrogen) atoms. The molecule has 24 valence electrons. The van der Waals surface area contributed by atoms with Crippen LogP contribution >= 0.6 is 0 Å². The van der Waals surface area contributed by atoms with E-state index >= 15 is 0 Å². The van der Waals surface area contributed by atoms with Crippen LogP contribution in [0, 0.1) is 0 Å². The number of hydrogen-bond donors (Lipinski definition) is 0. The average Bonchev–Trinajstić information content (AvgIpc) is 0. The maximum absolute atomic E-state index is 0. The summed E-state index contributed by atoms with van der Waals surface area (Å²) in [5.41, 5.74) is 0. The third-order valence-electron chi connectivity index (χ3n) is 0. The zero-order chi connectivity index (χ0) is 0. The molecule has 0 aromatic carbocycles. The van der Waals surface area contributed by atoms with Crippen molar-refractivity contribution in [2.45, 2.75) is 0 Å². The van der Waals surface area contributed by atoms with Crippen LogP contribution in [0.1, 0.15) is 0 Å². The molecular weight excluding hydrogens is 322 g/mol. The molecule has 0 atom stereocenters. The summed E-state index contributed by atoms with van der Waals surface area (Å²) in [6.07, 6.45) is 0. The molecule has 0 aromatic rings. The van der Waals surface area contributed by atoms with E-state index in [1.165, 1.54) is 0 Å². The van der Waals surface area contributed by atoms with Gasteiger partial charge in [-0.05, 0) is 0 Å². The fourth-order valence-electron chi connectivity index (χ4n) is 0. The molecule has 4 heteroatoms. The van der Waals surface area contributed by atoms with E-state index in [0.29, 0.717) is 0 Å². The summed E-state index contributed by atoms with van der Waals surface area (Å²) in [7, 11) is 0. The van der Waals surface area contributed by atoms with Gasteiger partial charge in [0.25, 0.3) is 0 Å². The third kappa shape index (κ3) is 8.82. The molecule has 0 rings (SSSR count). The Balaban J connectivity index is 0. The summed E-state index contributed by atoms with van der Waals surface area (Å²) in [5, 5.41) is 0. The quantitative estimate of drug-likeness (QED) is 0.533. The molecule has 0 heterocycles. The van der Waals surface area contributed by atoms with Gasteiger partial charge in [0.05, 0.1) is 0 Å². The van der Waals surface area contributed by atoms with Crippen molar-refractivity contribution in [2.75, 3.05) is 0 Å². The Morgan fingerprint density at radius 2 is 1.00 bits per heavy atom. The van der Waals surface area contributed by atoms with Gasteiger partial charge >= 0.3 is 0 Å². The fourth-order valence-corrected chi connectivity index (χ4v) is 0. The maximum Gasteiger partial charge on any atom is 0 e. The molecule has 0 saturated carbocycles. The van der Waals surface area contributed by atoms with Crippen LogP contribution in [0.25, 0.3) is 0 Å². The van der Waals surface area contributed by atoms with Gasteiger partial charge in [-0.1, -0.05) is 0 Å². The van der Waals surface area contributed by atoms with E-state index in [1.54, 1.807) is 0 Å². The van der Waals surface area contributed by atoms with Crippen LogP contribution in [0.4, 0.5) is 0 Å².